The molecule has 0 unspecified atom stereocenters. The van der Waals surface area contributed by atoms with Crippen LogP contribution in [0.4, 0.5) is 0 Å². The van der Waals surface area contributed by atoms with Gasteiger partial charge in [0.1, 0.15) is 0 Å². The first-order chi connectivity index (χ1) is 10.4. The van der Waals surface area contributed by atoms with Crippen molar-refractivity contribution in [3.8, 4) is 0 Å². The van der Waals surface area contributed by atoms with Crippen LogP contribution in [0, 0.1) is 0 Å². The summed E-state index contributed by atoms with van der Waals surface area (Å²) in [4.78, 5) is 17.8. The van der Waals surface area contributed by atoms with Crippen LogP contribution in [0.5, 0.6) is 0 Å². The predicted octanol–water partition coefficient (Wildman–Crippen LogP) is 3.08. The summed E-state index contributed by atoms with van der Waals surface area (Å²) in [5.74, 6) is -0.315. The number of rotatable bonds is 7. The normalized spacial score (nSPS) is 11.3. The maximum absolute atomic E-state index is 11.1. The summed E-state index contributed by atoms with van der Waals surface area (Å²) in [6.45, 7) is 4.98. The molecule has 2 aromatic rings. The number of benzene rings is 1. The number of thiazole rings is 1. The average Bonchev–Trinajstić information content (AvgIpc) is 2.87. The summed E-state index contributed by atoms with van der Waals surface area (Å²) >= 11 is 7.53. The van der Waals surface area contributed by atoms with Crippen molar-refractivity contribution in [2.75, 3.05) is 6.54 Å². The molecule has 0 radical (unpaired) electrons. The standard InChI is InChI=1S/C16H20ClN3OS/c1-11(2)20(9-15(18)21)8-14-10-22-16(19-14)7-12-3-5-13(17)6-4-12/h3-6,10-11H,7-9H2,1-2H3,(H2,18,21). The molecule has 1 heterocycles. The molecule has 0 saturated carbocycles. The molecule has 2 N–H and O–H groups in total. The maximum Gasteiger partial charge on any atom is 0.231 e. The van der Waals surface area contributed by atoms with E-state index in [4.69, 9.17) is 17.3 Å². The number of carbonyl (C=O) groups is 1. The van der Waals surface area contributed by atoms with Gasteiger partial charge in [-0.15, -0.1) is 11.3 Å². The molecule has 6 heteroatoms. The number of nitrogens with two attached hydrogens (primary N) is 1. The summed E-state index contributed by atoms with van der Waals surface area (Å²) < 4.78 is 0. The van der Waals surface area contributed by atoms with E-state index >= 15 is 0 Å². The number of carbonyl (C=O) groups excluding carboxylic acids is 1. The van der Waals surface area contributed by atoms with Crippen molar-refractivity contribution in [1.82, 2.24) is 9.88 Å². The van der Waals surface area contributed by atoms with Crippen molar-refractivity contribution in [2.45, 2.75) is 32.9 Å². The van der Waals surface area contributed by atoms with E-state index in [1.54, 1.807) is 11.3 Å². The molecule has 0 spiro atoms. The van der Waals surface area contributed by atoms with Crippen LogP contribution in [0.2, 0.25) is 5.02 Å². The fraction of sp³-hybridized carbons (Fsp3) is 0.375. The summed E-state index contributed by atoms with van der Waals surface area (Å²) in [7, 11) is 0. The zero-order valence-electron chi connectivity index (χ0n) is 12.8. The van der Waals surface area contributed by atoms with E-state index in [1.165, 1.54) is 5.56 Å². The van der Waals surface area contributed by atoms with Crippen molar-refractivity contribution in [1.29, 1.82) is 0 Å². The molecule has 4 nitrogen and oxygen atoms in total. The smallest absolute Gasteiger partial charge is 0.231 e. The Morgan fingerprint density at radius 1 is 1.36 bits per heavy atom. The molecule has 22 heavy (non-hydrogen) atoms. The van der Waals surface area contributed by atoms with E-state index in [9.17, 15) is 4.79 Å². The maximum atomic E-state index is 11.1. The van der Waals surface area contributed by atoms with Gasteiger partial charge in [0.2, 0.25) is 5.91 Å². The lowest BCUT2D eigenvalue weighted by molar-refractivity contribution is -0.119. The number of aromatic nitrogens is 1. The minimum atomic E-state index is -0.315. The number of nitrogens with zero attached hydrogens (tertiary/aromatic N) is 2. The third-order valence-corrected chi connectivity index (χ3v) is 4.47. The quantitative estimate of drug-likeness (QED) is 0.844. The molecular formula is C16H20ClN3OS. The van der Waals surface area contributed by atoms with Crippen LogP contribution >= 0.6 is 22.9 Å². The Hall–Kier alpha value is -1.43. The van der Waals surface area contributed by atoms with Gasteiger partial charge in [-0.3, -0.25) is 9.69 Å². The summed E-state index contributed by atoms with van der Waals surface area (Å²) in [6, 6.07) is 8.04. The predicted molar refractivity (Wildman–Crippen MR) is 91.1 cm³/mol. The van der Waals surface area contributed by atoms with Crippen molar-refractivity contribution in [3.63, 3.8) is 0 Å². The number of hydrogen-bond donors (Lipinski definition) is 1. The molecule has 1 amide bonds. The van der Waals surface area contributed by atoms with Gasteiger partial charge in [0.05, 0.1) is 17.2 Å². The lowest BCUT2D eigenvalue weighted by Gasteiger charge is -2.23. The van der Waals surface area contributed by atoms with Crippen molar-refractivity contribution in [2.24, 2.45) is 5.73 Å². The molecule has 0 aliphatic rings. The number of primary amides is 1. The first-order valence-corrected chi connectivity index (χ1v) is 8.40. The Morgan fingerprint density at radius 2 is 2.05 bits per heavy atom. The lowest BCUT2D eigenvalue weighted by Crippen LogP contribution is -2.38. The van der Waals surface area contributed by atoms with E-state index < -0.39 is 0 Å². The fourth-order valence-electron chi connectivity index (χ4n) is 2.11. The Kier molecular flexibility index (Phi) is 5.94. The van der Waals surface area contributed by atoms with Crippen LogP contribution < -0.4 is 5.73 Å². The highest BCUT2D eigenvalue weighted by molar-refractivity contribution is 7.09. The van der Waals surface area contributed by atoms with Gasteiger partial charge in [-0.25, -0.2) is 4.98 Å². The van der Waals surface area contributed by atoms with Crippen LogP contribution in [0.3, 0.4) is 0 Å². The third kappa shape index (κ3) is 5.09. The molecule has 0 atom stereocenters. The molecule has 2 rings (SSSR count). The molecule has 0 fully saturated rings. The van der Waals surface area contributed by atoms with Crippen LogP contribution in [-0.2, 0) is 17.8 Å². The molecule has 1 aromatic heterocycles. The van der Waals surface area contributed by atoms with Gasteiger partial charge in [0, 0.05) is 29.4 Å². The van der Waals surface area contributed by atoms with Crippen LogP contribution in [0.1, 0.15) is 30.1 Å². The van der Waals surface area contributed by atoms with Crippen molar-refractivity contribution in [3.05, 3.63) is 50.9 Å². The van der Waals surface area contributed by atoms with Gasteiger partial charge >= 0.3 is 0 Å². The first-order valence-electron chi connectivity index (χ1n) is 7.14. The molecule has 0 aliphatic heterocycles. The van der Waals surface area contributed by atoms with Crippen LogP contribution in [0.15, 0.2) is 29.6 Å². The Labute approximate surface area is 139 Å². The van der Waals surface area contributed by atoms with Crippen LogP contribution in [0.25, 0.3) is 0 Å². The van der Waals surface area contributed by atoms with E-state index in [0.717, 1.165) is 22.1 Å². The lowest BCUT2D eigenvalue weighted by atomic mass is 10.2. The number of hydrogen-bond acceptors (Lipinski definition) is 4. The van der Waals surface area contributed by atoms with Gasteiger partial charge in [0.15, 0.2) is 0 Å². The minimum Gasteiger partial charge on any atom is -0.369 e. The third-order valence-electron chi connectivity index (χ3n) is 3.32. The van der Waals surface area contributed by atoms with E-state index in [2.05, 4.69) is 4.98 Å². The van der Waals surface area contributed by atoms with Gasteiger partial charge in [-0.05, 0) is 31.5 Å². The first kappa shape index (κ1) is 16.9. The Bertz CT molecular complexity index is 625. The topological polar surface area (TPSA) is 59.2 Å². The van der Waals surface area contributed by atoms with Gasteiger partial charge in [0.25, 0.3) is 0 Å². The molecule has 0 bridgehead atoms. The second-order valence-electron chi connectivity index (χ2n) is 5.50. The highest BCUT2D eigenvalue weighted by Crippen LogP contribution is 2.18. The molecule has 0 saturated heterocycles. The van der Waals surface area contributed by atoms with Crippen molar-refractivity contribution >= 4 is 28.8 Å². The highest BCUT2D eigenvalue weighted by atomic mass is 35.5. The molecular weight excluding hydrogens is 318 g/mol. The molecule has 0 aliphatic carbocycles. The van der Waals surface area contributed by atoms with Gasteiger partial charge in [-0.1, -0.05) is 23.7 Å². The zero-order valence-corrected chi connectivity index (χ0v) is 14.3. The van der Waals surface area contributed by atoms with E-state index in [1.807, 2.05) is 48.4 Å². The highest BCUT2D eigenvalue weighted by Gasteiger charge is 2.14. The monoisotopic (exact) mass is 337 g/mol. The Balaban J connectivity index is 2.01. The second kappa shape index (κ2) is 7.72. The summed E-state index contributed by atoms with van der Waals surface area (Å²) in [5, 5.41) is 3.84. The minimum absolute atomic E-state index is 0.244. The number of amides is 1. The van der Waals surface area contributed by atoms with Crippen molar-refractivity contribution < 1.29 is 4.79 Å². The molecule has 1 aromatic carbocycles. The fourth-order valence-corrected chi connectivity index (χ4v) is 3.05. The zero-order chi connectivity index (χ0) is 16.1. The van der Waals surface area contributed by atoms with Gasteiger partial charge in [-0.2, -0.15) is 0 Å². The summed E-state index contributed by atoms with van der Waals surface area (Å²) in [6.07, 6.45) is 0.791. The van der Waals surface area contributed by atoms with Gasteiger partial charge < -0.3 is 5.73 Å². The largest absolute Gasteiger partial charge is 0.369 e. The summed E-state index contributed by atoms with van der Waals surface area (Å²) in [5.41, 5.74) is 7.45. The van der Waals surface area contributed by atoms with Crippen LogP contribution in [-0.4, -0.2) is 28.4 Å². The SMILES string of the molecule is CC(C)N(CC(N)=O)Cc1csc(Cc2ccc(Cl)cc2)n1. The Morgan fingerprint density at radius 3 is 2.64 bits per heavy atom. The number of halogens is 1. The second-order valence-corrected chi connectivity index (χ2v) is 6.88. The average molecular weight is 338 g/mol. The van der Waals surface area contributed by atoms with E-state index in [-0.39, 0.29) is 18.5 Å². The molecule has 118 valence electrons. The van der Waals surface area contributed by atoms with E-state index in [0.29, 0.717) is 6.54 Å².